The van der Waals surface area contributed by atoms with Crippen LogP contribution in [0.25, 0.3) is 0 Å². The maximum absolute atomic E-state index is 5.96. The van der Waals surface area contributed by atoms with Crippen LogP contribution in [0.4, 0.5) is 5.82 Å². The van der Waals surface area contributed by atoms with E-state index in [-0.39, 0.29) is 0 Å². The smallest absolute Gasteiger partial charge is 0.121 e. The Bertz CT molecular complexity index is 405. The third kappa shape index (κ3) is 1.31. The van der Waals surface area contributed by atoms with Crippen molar-refractivity contribution in [3.8, 4) is 0 Å². The molecule has 0 aliphatic heterocycles. The van der Waals surface area contributed by atoms with E-state index in [1.165, 1.54) is 44.2 Å². The molecule has 4 bridgehead atoms. The molecule has 0 aromatic carbocycles. The molecule has 0 amide bonds. The minimum Gasteiger partial charge on any atom is -0.384 e. The van der Waals surface area contributed by atoms with Gasteiger partial charge >= 0.3 is 0 Å². The summed E-state index contributed by atoms with van der Waals surface area (Å²) in [4.78, 5) is 0. The van der Waals surface area contributed by atoms with Gasteiger partial charge in [-0.1, -0.05) is 0 Å². The zero-order chi connectivity index (χ0) is 11.6. The molecule has 1 aromatic rings. The minimum atomic E-state index is 0.393. The van der Waals surface area contributed by atoms with Gasteiger partial charge in [0.05, 0.1) is 5.69 Å². The van der Waals surface area contributed by atoms with E-state index in [0.717, 1.165) is 23.6 Å². The van der Waals surface area contributed by atoms with E-state index < -0.39 is 0 Å². The van der Waals surface area contributed by atoms with Gasteiger partial charge in [0.2, 0.25) is 0 Å². The molecule has 0 saturated heterocycles. The number of hydrogen-bond donors (Lipinski definition) is 1. The Morgan fingerprint density at radius 2 is 1.71 bits per heavy atom. The van der Waals surface area contributed by atoms with Gasteiger partial charge in [-0.05, 0) is 56.3 Å². The molecule has 0 radical (unpaired) electrons. The molecule has 0 spiro atoms. The van der Waals surface area contributed by atoms with Crippen molar-refractivity contribution in [1.29, 1.82) is 0 Å². The van der Waals surface area contributed by atoms with Crippen molar-refractivity contribution in [3.63, 3.8) is 0 Å². The molecule has 1 heterocycles. The first-order valence-electron chi connectivity index (χ1n) is 6.95. The van der Waals surface area contributed by atoms with Gasteiger partial charge in [0.25, 0.3) is 0 Å². The number of nitrogens with two attached hydrogens (primary N) is 1. The van der Waals surface area contributed by atoms with Crippen molar-refractivity contribution >= 4 is 5.82 Å². The molecule has 4 fully saturated rings. The van der Waals surface area contributed by atoms with Gasteiger partial charge in [-0.2, -0.15) is 5.10 Å². The molecular formula is C14H21N3. The molecule has 2 N–H and O–H groups in total. The van der Waals surface area contributed by atoms with Gasteiger partial charge in [0.15, 0.2) is 0 Å². The lowest BCUT2D eigenvalue weighted by atomic mass is 9.49. The van der Waals surface area contributed by atoms with Crippen molar-refractivity contribution in [3.05, 3.63) is 11.8 Å². The van der Waals surface area contributed by atoms with E-state index in [4.69, 9.17) is 10.8 Å². The summed E-state index contributed by atoms with van der Waals surface area (Å²) in [7, 11) is 1.96. The molecule has 17 heavy (non-hydrogen) atoms. The van der Waals surface area contributed by atoms with Gasteiger partial charge < -0.3 is 5.73 Å². The zero-order valence-electron chi connectivity index (χ0n) is 10.5. The molecule has 5 rings (SSSR count). The Labute approximate surface area is 102 Å². The monoisotopic (exact) mass is 231 g/mol. The second kappa shape index (κ2) is 3.06. The maximum atomic E-state index is 5.96. The predicted molar refractivity (Wildman–Crippen MR) is 67.5 cm³/mol. The fourth-order valence-electron chi connectivity index (χ4n) is 5.17. The summed E-state index contributed by atoms with van der Waals surface area (Å²) >= 11 is 0. The largest absolute Gasteiger partial charge is 0.384 e. The zero-order valence-corrected chi connectivity index (χ0v) is 10.5. The molecule has 92 valence electrons. The van der Waals surface area contributed by atoms with E-state index in [1.54, 1.807) is 0 Å². The lowest BCUT2D eigenvalue weighted by molar-refractivity contribution is -0.00742. The topological polar surface area (TPSA) is 43.8 Å². The molecule has 3 heteroatoms. The number of hydrogen-bond acceptors (Lipinski definition) is 2. The molecule has 4 aliphatic rings. The SMILES string of the molecule is Cn1nc(C23CC4CC(CC(C4)C2)C3)cc1N. The number of aryl methyl sites for hydroxylation is 1. The summed E-state index contributed by atoms with van der Waals surface area (Å²) < 4.78 is 1.84. The van der Waals surface area contributed by atoms with Gasteiger partial charge in [-0.15, -0.1) is 0 Å². The summed E-state index contributed by atoms with van der Waals surface area (Å²) in [5, 5.41) is 4.69. The number of nitrogens with zero attached hydrogens (tertiary/aromatic N) is 2. The first kappa shape index (κ1) is 9.98. The lowest BCUT2D eigenvalue weighted by Gasteiger charge is -2.56. The highest BCUT2D eigenvalue weighted by Gasteiger charge is 2.52. The number of rotatable bonds is 1. The highest BCUT2D eigenvalue weighted by Crippen LogP contribution is 2.60. The van der Waals surface area contributed by atoms with Crippen LogP contribution in [0.2, 0.25) is 0 Å². The van der Waals surface area contributed by atoms with Crippen LogP contribution in [0.3, 0.4) is 0 Å². The number of aromatic nitrogens is 2. The Morgan fingerprint density at radius 1 is 1.18 bits per heavy atom. The summed E-state index contributed by atoms with van der Waals surface area (Å²) in [5.41, 5.74) is 7.64. The lowest BCUT2D eigenvalue weighted by Crippen LogP contribution is -2.48. The van der Waals surface area contributed by atoms with Gasteiger partial charge in [0.1, 0.15) is 5.82 Å². The summed E-state index contributed by atoms with van der Waals surface area (Å²) in [5.74, 6) is 3.74. The fraction of sp³-hybridized carbons (Fsp3) is 0.786. The van der Waals surface area contributed by atoms with Crippen LogP contribution in [-0.2, 0) is 12.5 Å². The van der Waals surface area contributed by atoms with Crippen molar-refractivity contribution < 1.29 is 0 Å². The maximum Gasteiger partial charge on any atom is 0.121 e. The van der Waals surface area contributed by atoms with E-state index >= 15 is 0 Å². The normalized spacial score (nSPS) is 43.2. The predicted octanol–water partition coefficient (Wildman–Crippen LogP) is 2.47. The van der Waals surface area contributed by atoms with Crippen molar-refractivity contribution in [2.75, 3.05) is 5.73 Å². The first-order valence-corrected chi connectivity index (χ1v) is 6.95. The fourth-order valence-corrected chi connectivity index (χ4v) is 5.17. The van der Waals surface area contributed by atoms with Crippen LogP contribution in [0, 0.1) is 17.8 Å². The van der Waals surface area contributed by atoms with Crippen molar-refractivity contribution in [2.24, 2.45) is 24.8 Å². The van der Waals surface area contributed by atoms with Crippen LogP contribution in [0.1, 0.15) is 44.2 Å². The third-order valence-corrected chi connectivity index (χ3v) is 5.50. The molecule has 0 atom stereocenters. The molecule has 0 unspecified atom stereocenters. The Morgan fingerprint density at radius 3 is 2.12 bits per heavy atom. The van der Waals surface area contributed by atoms with Crippen LogP contribution >= 0.6 is 0 Å². The molecular weight excluding hydrogens is 210 g/mol. The Hall–Kier alpha value is -0.990. The van der Waals surface area contributed by atoms with Gasteiger partial charge in [-0.3, -0.25) is 4.68 Å². The Kier molecular flexibility index (Phi) is 1.80. The highest BCUT2D eigenvalue weighted by atomic mass is 15.3. The third-order valence-electron chi connectivity index (χ3n) is 5.50. The minimum absolute atomic E-state index is 0.393. The van der Waals surface area contributed by atoms with Gasteiger partial charge in [0, 0.05) is 18.5 Å². The van der Waals surface area contributed by atoms with Crippen LogP contribution in [0.5, 0.6) is 0 Å². The van der Waals surface area contributed by atoms with Crippen molar-refractivity contribution in [1.82, 2.24) is 9.78 Å². The average Bonchev–Trinajstić information content (AvgIpc) is 2.58. The van der Waals surface area contributed by atoms with E-state index in [2.05, 4.69) is 6.07 Å². The van der Waals surface area contributed by atoms with E-state index in [9.17, 15) is 0 Å². The quantitative estimate of drug-likeness (QED) is 0.807. The molecule has 4 saturated carbocycles. The number of nitrogen functional groups attached to an aromatic ring is 1. The highest BCUT2D eigenvalue weighted by molar-refractivity contribution is 5.35. The van der Waals surface area contributed by atoms with Crippen LogP contribution in [-0.4, -0.2) is 9.78 Å². The summed E-state index contributed by atoms with van der Waals surface area (Å²) in [6.45, 7) is 0. The molecule has 3 nitrogen and oxygen atoms in total. The Balaban J connectivity index is 1.77. The summed E-state index contributed by atoms with van der Waals surface area (Å²) in [6, 6.07) is 2.13. The molecule has 4 aliphatic carbocycles. The van der Waals surface area contributed by atoms with E-state index in [0.29, 0.717) is 5.41 Å². The van der Waals surface area contributed by atoms with Crippen LogP contribution in [0.15, 0.2) is 6.07 Å². The van der Waals surface area contributed by atoms with Crippen LogP contribution < -0.4 is 5.73 Å². The second-order valence-electron chi connectivity index (χ2n) is 6.78. The number of anilines is 1. The van der Waals surface area contributed by atoms with E-state index in [1.807, 2.05) is 11.7 Å². The average molecular weight is 231 g/mol. The summed E-state index contributed by atoms with van der Waals surface area (Å²) in [6.07, 6.45) is 8.57. The van der Waals surface area contributed by atoms with Crippen molar-refractivity contribution in [2.45, 2.75) is 43.9 Å². The second-order valence-corrected chi connectivity index (χ2v) is 6.78. The van der Waals surface area contributed by atoms with Gasteiger partial charge in [-0.25, -0.2) is 0 Å². The standard InChI is InChI=1S/C14H21N3/c1-17-13(15)5-12(16-17)14-6-9-2-10(7-14)4-11(3-9)8-14/h5,9-11H,2-4,6-8,15H2,1H3. The first-order chi connectivity index (χ1) is 8.14. The molecule has 1 aromatic heterocycles.